The summed E-state index contributed by atoms with van der Waals surface area (Å²) >= 11 is 0. The number of guanidine groups is 1. The minimum atomic E-state index is -4.41. The maximum Gasteiger partial charge on any atom is 0.416 e. The Morgan fingerprint density at radius 2 is 2.17 bits per heavy atom. The highest BCUT2D eigenvalue weighted by Crippen LogP contribution is 2.31. The normalized spacial score (nSPS) is 15.7. The highest BCUT2D eigenvalue weighted by Gasteiger charge is 2.30. The van der Waals surface area contributed by atoms with Crippen LogP contribution < -0.4 is 15.4 Å². The third kappa shape index (κ3) is 6.81. The average Bonchev–Trinajstić information content (AvgIpc) is 2.51. The Hall–Kier alpha value is -1.23. The van der Waals surface area contributed by atoms with Gasteiger partial charge >= 0.3 is 6.18 Å². The van der Waals surface area contributed by atoms with Gasteiger partial charge in [-0.15, -0.1) is 24.0 Å². The van der Waals surface area contributed by atoms with Crippen molar-refractivity contribution in [2.45, 2.75) is 18.7 Å². The van der Waals surface area contributed by atoms with Crippen LogP contribution in [0.15, 0.2) is 29.3 Å². The molecule has 1 aromatic carbocycles. The molecule has 0 saturated carbocycles. The summed E-state index contributed by atoms with van der Waals surface area (Å²) in [5, 5.41) is 15.7. The fraction of sp³-hybridized carbons (Fsp3) is 0.500. The van der Waals surface area contributed by atoms with Crippen molar-refractivity contribution in [1.82, 2.24) is 10.6 Å². The van der Waals surface area contributed by atoms with Crippen LogP contribution in [0.4, 0.5) is 13.2 Å². The zero-order valence-electron chi connectivity index (χ0n) is 12.3. The van der Waals surface area contributed by atoms with E-state index in [9.17, 15) is 18.3 Å². The quantitative estimate of drug-likeness (QED) is 0.607. The lowest BCUT2D eigenvalue weighted by molar-refractivity contribution is -0.137. The van der Waals surface area contributed by atoms with E-state index < -0.39 is 17.8 Å². The van der Waals surface area contributed by atoms with Gasteiger partial charge in [-0.05, 0) is 24.6 Å². The van der Waals surface area contributed by atoms with Gasteiger partial charge in [0.1, 0.15) is 18.5 Å². The lowest BCUT2D eigenvalue weighted by Gasteiger charge is -2.18. The summed E-state index contributed by atoms with van der Waals surface area (Å²) < 4.78 is 42.9. The summed E-state index contributed by atoms with van der Waals surface area (Å²) in [4.78, 5) is 4.18. The van der Waals surface area contributed by atoms with Gasteiger partial charge in [0, 0.05) is 19.6 Å². The van der Waals surface area contributed by atoms with Crippen molar-refractivity contribution in [3.05, 3.63) is 29.8 Å². The molecular weight excluding hydrogens is 426 g/mol. The first kappa shape index (κ1) is 19.8. The molecule has 1 aliphatic rings. The molecule has 0 bridgehead atoms. The molecule has 0 aliphatic carbocycles. The number of hydrogen-bond acceptors (Lipinski definition) is 5. The number of aliphatic hydroxyl groups excluding tert-OH is 1. The predicted molar refractivity (Wildman–Crippen MR) is 91.3 cm³/mol. The van der Waals surface area contributed by atoms with Gasteiger partial charge in [0.2, 0.25) is 0 Å². The van der Waals surface area contributed by atoms with Crippen LogP contribution in [-0.2, 0) is 6.18 Å². The molecule has 5 nitrogen and oxygen atoms in total. The van der Waals surface area contributed by atoms with Gasteiger partial charge in [0.15, 0.2) is 5.96 Å². The molecule has 0 saturated heterocycles. The number of aliphatic hydroxyl groups is 1. The molecule has 2 rings (SSSR count). The van der Waals surface area contributed by atoms with Gasteiger partial charge < -0.3 is 20.5 Å². The van der Waals surface area contributed by atoms with Gasteiger partial charge in [-0.2, -0.15) is 13.2 Å². The zero-order valence-corrected chi connectivity index (χ0v) is 14.6. The molecule has 9 heteroatoms. The second-order valence-corrected chi connectivity index (χ2v) is 4.88. The van der Waals surface area contributed by atoms with Gasteiger partial charge in [0.25, 0.3) is 0 Å². The highest BCUT2D eigenvalue weighted by molar-refractivity contribution is 14.0. The maximum absolute atomic E-state index is 12.6. The Morgan fingerprint density at radius 3 is 2.83 bits per heavy atom. The number of halogens is 4. The Morgan fingerprint density at radius 1 is 1.39 bits per heavy atom. The van der Waals surface area contributed by atoms with Gasteiger partial charge in [0.05, 0.1) is 5.56 Å². The van der Waals surface area contributed by atoms with Crippen molar-refractivity contribution in [2.75, 3.05) is 26.2 Å². The van der Waals surface area contributed by atoms with Crippen molar-refractivity contribution >= 4 is 29.9 Å². The number of nitrogens with zero attached hydrogens (tertiary/aromatic N) is 1. The molecule has 0 fully saturated rings. The highest BCUT2D eigenvalue weighted by atomic mass is 127. The number of benzene rings is 1. The Balaban J connectivity index is 0.00000264. The summed E-state index contributed by atoms with van der Waals surface area (Å²) in [6.07, 6.45) is -4.31. The minimum absolute atomic E-state index is 0. The zero-order chi connectivity index (χ0) is 16.0. The van der Waals surface area contributed by atoms with E-state index in [2.05, 4.69) is 15.6 Å². The van der Waals surface area contributed by atoms with Crippen LogP contribution >= 0.6 is 24.0 Å². The molecule has 3 N–H and O–H groups in total. The Bertz CT molecular complexity index is 526. The first-order chi connectivity index (χ1) is 10.4. The monoisotopic (exact) mass is 445 g/mol. The molecule has 0 radical (unpaired) electrons. The number of alkyl halides is 3. The molecule has 23 heavy (non-hydrogen) atoms. The summed E-state index contributed by atoms with van der Waals surface area (Å²) in [6, 6.07) is 4.57. The minimum Gasteiger partial charge on any atom is -0.491 e. The van der Waals surface area contributed by atoms with E-state index in [1.54, 1.807) is 0 Å². The molecular formula is C14H19F3IN3O2. The largest absolute Gasteiger partial charge is 0.491 e. The number of nitrogens with one attached hydrogen (secondary N) is 2. The van der Waals surface area contributed by atoms with Crippen LogP contribution in [0.1, 0.15) is 12.0 Å². The number of rotatable bonds is 5. The topological polar surface area (TPSA) is 65.9 Å². The lowest BCUT2D eigenvalue weighted by Crippen LogP contribution is -2.44. The van der Waals surface area contributed by atoms with E-state index in [1.165, 1.54) is 12.1 Å². The number of aliphatic imine (C=N–C) groups is 1. The maximum atomic E-state index is 12.6. The van der Waals surface area contributed by atoms with E-state index >= 15 is 0 Å². The summed E-state index contributed by atoms with van der Waals surface area (Å²) in [5.74, 6) is 0.686. The van der Waals surface area contributed by atoms with Crippen molar-refractivity contribution < 1.29 is 23.0 Å². The lowest BCUT2D eigenvalue weighted by atomic mass is 10.2. The van der Waals surface area contributed by atoms with Gasteiger partial charge in [-0.3, -0.25) is 4.99 Å². The smallest absolute Gasteiger partial charge is 0.416 e. The molecule has 1 heterocycles. The molecule has 1 unspecified atom stereocenters. The number of ether oxygens (including phenoxy) is 1. The van der Waals surface area contributed by atoms with Crippen LogP contribution in [0.25, 0.3) is 0 Å². The van der Waals surface area contributed by atoms with Crippen LogP contribution in [0.5, 0.6) is 5.75 Å². The Kier molecular flexibility index (Phi) is 7.89. The number of hydrogen-bond donors (Lipinski definition) is 3. The van der Waals surface area contributed by atoms with E-state index in [0.29, 0.717) is 5.96 Å². The van der Waals surface area contributed by atoms with Crippen molar-refractivity contribution in [2.24, 2.45) is 4.99 Å². The van der Waals surface area contributed by atoms with Crippen molar-refractivity contribution in [3.63, 3.8) is 0 Å². The third-order valence-corrected chi connectivity index (χ3v) is 3.01. The molecule has 1 atom stereocenters. The SMILES string of the molecule is I.OC(CNC1=NCCCN1)COc1cccc(C(F)(F)F)c1. The molecule has 1 aromatic rings. The molecule has 0 spiro atoms. The molecule has 0 amide bonds. The van der Waals surface area contributed by atoms with Crippen LogP contribution in [0.3, 0.4) is 0 Å². The molecule has 0 aromatic heterocycles. The van der Waals surface area contributed by atoms with Gasteiger partial charge in [-0.25, -0.2) is 0 Å². The van der Waals surface area contributed by atoms with Gasteiger partial charge in [-0.1, -0.05) is 6.07 Å². The van der Waals surface area contributed by atoms with Crippen molar-refractivity contribution in [3.8, 4) is 5.75 Å². The predicted octanol–water partition coefficient (Wildman–Crippen LogP) is 2.00. The summed E-state index contributed by atoms with van der Waals surface area (Å²) in [6.45, 7) is 1.64. The van der Waals surface area contributed by atoms with E-state index in [1.807, 2.05) is 0 Å². The van der Waals surface area contributed by atoms with Crippen LogP contribution in [0.2, 0.25) is 0 Å². The second kappa shape index (κ2) is 9.16. The summed E-state index contributed by atoms with van der Waals surface area (Å²) in [5.41, 5.74) is -0.779. The second-order valence-electron chi connectivity index (χ2n) is 4.88. The standard InChI is InChI=1S/C14H18F3N3O2.HI/c15-14(16,17)10-3-1-4-12(7-10)22-9-11(21)8-20-13-18-5-2-6-19-13;/h1,3-4,7,11,21H,2,5-6,8-9H2,(H2,18,19,20);1H. The first-order valence-electron chi connectivity index (χ1n) is 6.95. The molecule has 1 aliphatic heterocycles. The van der Waals surface area contributed by atoms with Crippen LogP contribution in [0, 0.1) is 0 Å². The van der Waals surface area contributed by atoms with E-state index in [4.69, 9.17) is 4.74 Å². The molecule has 130 valence electrons. The van der Waals surface area contributed by atoms with Crippen LogP contribution in [-0.4, -0.2) is 43.4 Å². The fourth-order valence-corrected chi connectivity index (χ4v) is 1.88. The average molecular weight is 445 g/mol. The Labute approximate surface area is 149 Å². The van der Waals surface area contributed by atoms with E-state index in [0.717, 1.165) is 31.6 Å². The van der Waals surface area contributed by atoms with Crippen molar-refractivity contribution in [1.29, 1.82) is 0 Å². The fourth-order valence-electron chi connectivity index (χ4n) is 1.88. The third-order valence-electron chi connectivity index (χ3n) is 3.01. The van der Waals surface area contributed by atoms with E-state index in [-0.39, 0.29) is 42.9 Å². The first-order valence-corrected chi connectivity index (χ1v) is 6.95. The summed E-state index contributed by atoms with van der Waals surface area (Å²) in [7, 11) is 0.